The Morgan fingerprint density at radius 3 is 1.29 bits per heavy atom. The summed E-state index contributed by atoms with van der Waals surface area (Å²) >= 11 is 0. The Balaban J connectivity index is 3.31. The van der Waals surface area contributed by atoms with Crippen LogP contribution in [0.1, 0.15) is 26.2 Å². The highest BCUT2D eigenvalue weighted by Gasteiger charge is 2.72. The van der Waals surface area contributed by atoms with Crippen LogP contribution in [-0.4, -0.2) is 64.0 Å². The molecule has 1 aliphatic carbocycles. The molecule has 17 heavy (non-hydrogen) atoms. The predicted octanol–water partition coefficient (Wildman–Crippen LogP) is -3.47. The summed E-state index contributed by atoms with van der Waals surface area (Å²) in [5, 5.41) is 75.4. The van der Waals surface area contributed by atoms with Gasteiger partial charge in [-0.3, -0.25) is 0 Å². The fourth-order valence-corrected chi connectivity index (χ4v) is 2.01. The minimum Gasteiger partial charge on any atom is -0.361 e. The third kappa shape index (κ3) is 1.96. The molecule has 8 heteroatoms. The van der Waals surface area contributed by atoms with Gasteiger partial charge in [-0.1, -0.05) is 13.3 Å². The van der Waals surface area contributed by atoms with Crippen molar-refractivity contribution in [3.63, 3.8) is 0 Å². The molecule has 0 aromatic carbocycles. The van der Waals surface area contributed by atoms with E-state index in [0.29, 0.717) is 0 Å². The molecule has 0 atom stereocenters. The fourth-order valence-electron chi connectivity index (χ4n) is 2.01. The lowest BCUT2D eigenvalue weighted by Crippen LogP contribution is -2.74. The molecule has 0 aromatic heterocycles. The van der Waals surface area contributed by atoms with Gasteiger partial charge in [0, 0.05) is 12.8 Å². The molecule has 1 fully saturated rings. The van der Waals surface area contributed by atoms with Crippen LogP contribution in [0.5, 0.6) is 0 Å². The summed E-state index contributed by atoms with van der Waals surface area (Å²) in [6.45, 7) is 1.59. The maximum atomic E-state index is 9.46. The third-order valence-electron chi connectivity index (χ3n) is 3.33. The van der Waals surface area contributed by atoms with E-state index in [0.717, 1.165) is 0 Å². The minimum absolute atomic E-state index is 0.248. The van der Waals surface area contributed by atoms with Crippen molar-refractivity contribution in [3.05, 3.63) is 0 Å². The molecule has 8 N–H and O–H groups in total. The lowest BCUT2D eigenvalue weighted by Gasteiger charge is -2.44. The van der Waals surface area contributed by atoms with Crippen LogP contribution < -0.4 is 0 Å². The zero-order valence-corrected chi connectivity index (χ0v) is 9.28. The van der Waals surface area contributed by atoms with Gasteiger partial charge < -0.3 is 40.9 Å². The molecular formula is C9H18O8. The van der Waals surface area contributed by atoms with Crippen molar-refractivity contribution in [1.29, 1.82) is 0 Å². The van der Waals surface area contributed by atoms with Crippen molar-refractivity contribution in [1.82, 2.24) is 0 Å². The van der Waals surface area contributed by atoms with Crippen LogP contribution >= 0.6 is 0 Å². The van der Waals surface area contributed by atoms with Gasteiger partial charge in [-0.05, 0) is 5.92 Å². The van der Waals surface area contributed by atoms with E-state index >= 15 is 0 Å². The van der Waals surface area contributed by atoms with Crippen LogP contribution in [0.25, 0.3) is 0 Å². The fraction of sp³-hybridized carbons (Fsp3) is 1.00. The Hall–Kier alpha value is -0.320. The van der Waals surface area contributed by atoms with Crippen LogP contribution in [0, 0.1) is 5.92 Å². The molecule has 0 heterocycles. The lowest BCUT2D eigenvalue weighted by atomic mass is 9.91. The monoisotopic (exact) mass is 254 g/mol. The van der Waals surface area contributed by atoms with Gasteiger partial charge in [-0.2, -0.15) is 0 Å². The molecule has 0 spiro atoms. The van der Waals surface area contributed by atoms with Gasteiger partial charge in [-0.15, -0.1) is 0 Å². The molecule has 0 saturated heterocycles. The van der Waals surface area contributed by atoms with Crippen LogP contribution in [0.3, 0.4) is 0 Å². The molecule has 1 rings (SSSR count). The first-order chi connectivity index (χ1) is 7.39. The molecule has 0 bridgehead atoms. The highest BCUT2D eigenvalue weighted by molar-refractivity contribution is 5.04. The molecule has 0 aromatic rings. The standard InChI is InChI=1S/C9H18O8/c1-2-5-3-6(10,11)8(14,15)9(16,17)7(12,13)4-5/h5,10-17H,2-4H2,1H3. The normalized spacial score (nSPS) is 30.9. The van der Waals surface area contributed by atoms with Crippen LogP contribution in [0.4, 0.5) is 0 Å². The average molecular weight is 254 g/mol. The van der Waals surface area contributed by atoms with Gasteiger partial charge in [0.2, 0.25) is 11.6 Å². The summed E-state index contributed by atoms with van der Waals surface area (Å²) in [7, 11) is 0. The zero-order chi connectivity index (χ0) is 13.7. The van der Waals surface area contributed by atoms with E-state index < -0.39 is 41.9 Å². The van der Waals surface area contributed by atoms with E-state index in [-0.39, 0.29) is 6.42 Å². The second-order valence-electron chi connectivity index (χ2n) is 4.66. The highest BCUT2D eigenvalue weighted by Crippen LogP contribution is 2.45. The van der Waals surface area contributed by atoms with Crippen molar-refractivity contribution in [2.24, 2.45) is 5.92 Å². The third-order valence-corrected chi connectivity index (χ3v) is 3.33. The van der Waals surface area contributed by atoms with E-state index in [4.69, 9.17) is 0 Å². The first kappa shape index (κ1) is 14.7. The largest absolute Gasteiger partial charge is 0.361 e. The van der Waals surface area contributed by atoms with E-state index in [1.807, 2.05) is 0 Å². The first-order valence-corrected chi connectivity index (χ1v) is 5.18. The van der Waals surface area contributed by atoms with Crippen molar-refractivity contribution >= 4 is 0 Å². The molecule has 0 amide bonds. The molecule has 102 valence electrons. The Kier molecular flexibility index (Phi) is 3.33. The summed E-state index contributed by atoms with van der Waals surface area (Å²) < 4.78 is 0. The van der Waals surface area contributed by atoms with Gasteiger partial charge in [-0.25, -0.2) is 0 Å². The summed E-state index contributed by atoms with van der Waals surface area (Å²) in [6, 6.07) is 0. The zero-order valence-electron chi connectivity index (χ0n) is 9.28. The summed E-state index contributed by atoms with van der Waals surface area (Å²) in [5.74, 6) is -15.1. The number of hydrogen-bond acceptors (Lipinski definition) is 8. The lowest BCUT2D eigenvalue weighted by molar-refractivity contribution is -0.499. The van der Waals surface area contributed by atoms with Gasteiger partial charge in [0.15, 0.2) is 0 Å². The minimum atomic E-state index is -3.91. The maximum absolute atomic E-state index is 9.46. The quantitative estimate of drug-likeness (QED) is 0.177. The maximum Gasteiger partial charge on any atom is 0.279 e. The molecule has 0 unspecified atom stereocenters. The second-order valence-corrected chi connectivity index (χ2v) is 4.66. The van der Waals surface area contributed by atoms with E-state index in [9.17, 15) is 40.9 Å². The smallest absolute Gasteiger partial charge is 0.279 e. The predicted molar refractivity (Wildman–Crippen MR) is 51.7 cm³/mol. The first-order valence-electron chi connectivity index (χ1n) is 5.18. The molecular weight excluding hydrogens is 236 g/mol. The Morgan fingerprint density at radius 1 is 0.765 bits per heavy atom. The summed E-state index contributed by atoms with van der Waals surface area (Å²) in [4.78, 5) is 0. The highest BCUT2D eigenvalue weighted by atomic mass is 16.7. The second kappa shape index (κ2) is 3.84. The number of rotatable bonds is 1. The Labute approximate surface area is 97.0 Å². The van der Waals surface area contributed by atoms with Gasteiger partial charge in [0.25, 0.3) is 11.6 Å². The Bertz CT molecular complexity index is 267. The van der Waals surface area contributed by atoms with Crippen molar-refractivity contribution in [2.75, 3.05) is 0 Å². The SMILES string of the molecule is CCC1CC(O)(O)C(O)(O)C(O)(O)C(O)(O)C1. The molecule has 1 aliphatic rings. The van der Waals surface area contributed by atoms with Crippen LogP contribution in [0.2, 0.25) is 0 Å². The average Bonchev–Trinajstić information content (AvgIpc) is 2.16. The molecule has 1 saturated carbocycles. The van der Waals surface area contributed by atoms with Gasteiger partial charge >= 0.3 is 0 Å². The van der Waals surface area contributed by atoms with Crippen molar-refractivity contribution < 1.29 is 40.9 Å². The summed E-state index contributed by atoms with van der Waals surface area (Å²) in [5.41, 5.74) is 0. The van der Waals surface area contributed by atoms with Gasteiger partial charge in [0.05, 0.1) is 0 Å². The van der Waals surface area contributed by atoms with Crippen molar-refractivity contribution in [3.8, 4) is 0 Å². The Morgan fingerprint density at radius 2 is 1.06 bits per heavy atom. The van der Waals surface area contributed by atoms with Gasteiger partial charge in [0.1, 0.15) is 0 Å². The molecule has 0 aliphatic heterocycles. The molecule has 8 nitrogen and oxygen atoms in total. The van der Waals surface area contributed by atoms with E-state index in [1.54, 1.807) is 6.92 Å². The van der Waals surface area contributed by atoms with Crippen molar-refractivity contribution in [2.45, 2.75) is 49.3 Å². The van der Waals surface area contributed by atoms with E-state index in [2.05, 4.69) is 0 Å². The number of hydrogen-bond donors (Lipinski definition) is 8. The molecule has 0 radical (unpaired) electrons. The number of aliphatic hydroxyl groups is 8. The van der Waals surface area contributed by atoms with Crippen LogP contribution in [-0.2, 0) is 0 Å². The van der Waals surface area contributed by atoms with Crippen LogP contribution in [0.15, 0.2) is 0 Å². The summed E-state index contributed by atoms with van der Waals surface area (Å²) in [6.07, 6.45) is -1.05. The van der Waals surface area contributed by atoms with E-state index in [1.165, 1.54) is 0 Å². The topological polar surface area (TPSA) is 162 Å².